The number of thiophene rings is 1. The largest absolute Gasteiger partial charge is 0.378 e. The Morgan fingerprint density at radius 3 is 2.81 bits per heavy atom. The maximum absolute atomic E-state index is 12.9. The highest BCUT2D eigenvalue weighted by Crippen LogP contribution is 2.27. The summed E-state index contributed by atoms with van der Waals surface area (Å²) in [5.41, 5.74) is 2.14. The smallest absolute Gasteiger partial charge is 0.124 e. The molecule has 1 N–H and O–H groups in total. The normalized spacial score (nSPS) is 12.4. The Bertz CT molecular complexity index is 470. The average molecular weight is 300 g/mol. The molecule has 0 aliphatic heterocycles. The third-order valence-corrected chi connectivity index (χ3v) is 3.70. The van der Waals surface area contributed by atoms with Crippen LogP contribution in [0.3, 0.4) is 0 Å². The summed E-state index contributed by atoms with van der Waals surface area (Å²) in [5.74, 6) is -0.236. The lowest BCUT2D eigenvalue weighted by molar-refractivity contribution is 0.627. The molecule has 0 radical (unpaired) electrons. The Morgan fingerprint density at radius 1 is 1.38 bits per heavy atom. The molecule has 1 aromatic heterocycles. The van der Waals surface area contributed by atoms with Gasteiger partial charge in [0.05, 0.1) is 0 Å². The first kappa shape index (κ1) is 11.6. The Kier molecular flexibility index (Phi) is 3.61. The maximum atomic E-state index is 12.9. The van der Waals surface area contributed by atoms with Crippen LogP contribution in [0, 0.1) is 5.82 Å². The molecule has 0 saturated heterocycles. The predicted octanol–water partition coefficient (Wildman–Crippen LogP) is 4.82. The van der Waals surface area contributed by atoms with Crippen LogP contribution in [0.5, 0.6) is 0 Å². The molecule has 1 nitrogen and oxygen atoms in total. The molecule has 0 amide bonds. The second-order valence-electron chi connectivity index (χ2n) is 3.55. The Morgan fingerprint density at radius 2 is 2.19 bits per heavy atom. The van der Waals surface area contributed by atoms with Gasteiger partial charge in [0.15, 0.2) is 0 Å². The van der Waals surface area contributed by atoms with E-state index in [0.29, 0.717) is 0 Å². The van der Waals surface area contributed by atoms with E-state index in [-0.39, 0.29) is 11.9 Å². The highest BCUT2D eigenvalue weighted by atomic mass is 79.9. The van der Waals surface area contributed by atoms with Crippen LogP contribution in [0.15, 0.2) is 39.5 Å². The van der Waals surface area contributed by atoms with Gasteiger partial charge in [-0.2, -0.15) is 11.3 Å². The van der Waals surface area contributed by atoms with Crippen LogP contribution in [0.1, 0.15) is 18.5 Å². The second-order valence-corrected chi connectivity index (χ2v) is 5.18. The SMILES string of the molecule is CC(Nc1ccc(F)cc1Br)c1ccsc1. The lowest BCUT2D eigenvalue weighted by Gasteiger charge is -2.15. The lowest BCUT2D eigenvalue weighted by Crippen LogP contribution is -2.05. The van der Waals surface area contributed by atoms with Gasteiger partial charge in [-0.05, 0) is 63.4 Å². The summed E-state index contributed by atoms with van der Waals surface area (Å²) in [7, 11) is 0. The predicted molar refractivity (Wildman–Crippen MR) is 70.5 cm³/mol. The van der Waals surface area contributed by atoms with Crippen LogP contribution in [0.2, 0.25) is 0 Å². The Balaban J connectivity index is 2.15. The van der Waals surface area contributed by atoms with E-state index in [0.717, 1.165) is 10.2 Å². The van der Waals surface area contributed by atoms with Gasteiger partial charge >= 0.3 is 0 Å². The topological polar surface area (TPSA) is 12.0 Å². The first-order valence-electron chi connectivity index (χ1n) is 4.90. The fraction of sp³-hybridized carbons (Fsp3) is 0.167. The van der Waals surface area contributed by atoms with E-state index in [1.165, 1.54) is 17.7 Å². The number of hydrogen-bond acceptors (Lipinski definition) is 2. The zero-order chi connectivity index (χ0) is 11.5. The first-order valence-corrected chi connectivity index (χ1v) is 6.64. The summed E-state index contributed by atoms with van der Waals surface area (Å²) in [5, 5.41) is 7.49. The van der Waals surface area contributed by atoms with Crippen molar-refractivity contribution >= 4 is 33.0 Å². The molecule has 16 heavy (non-hydrogen) atoms. The van der Waals surface area contributed by atoms with Crippen molar-refractivity contribution < 1.29 is 4.39 Å². The molecule has 0 bridgehead atoms. The van der Waals surface area contributed by atoms with Crippen LogP contribution in [0.4, 0.5) is 10.1 Å². The molecule has 4 heteroatoms. The van der Waals surface area contributed by atoms with E-state index in [1.54, 1.807) is 17.4 Å². The molecule has 0 spiro atoms. The van der Waals surface area contributed by atoms with Gasteiger partial charge < -0.3 is 5.32 Å². The quantitative estimate of drug-likeness (QED) is 0.856. The number of nitrogens with one attached hydrogen (secondary N) is 1. The molecule has 1 atom stereocenters. The van der Waals surface area contributed by atoms with Crippen LogP contribution in [-0.4, -0.2) is 0 Å². The highest BCUT2D eigenvalue weighted by molar-refractivity contribution is 9.10. The zero-order valence-corrected chi connectivity index (χ0v) is 11.1. The van der Waals surface area contributed by atoms with Crippen molar-refractivity contribution in [1.82, 2.24) is 0 Å². The summed E-state index contributed by atoms with van der Waals surface area (Å²) in [4.78, 5) is 0. The summed E-state index contributed by atoms with van der Waals surface area (Å²) < 4.78 is 13.6. The van der Waals surface area contributed by atoms with Gasteiger partial charge in [-0.25, -0.2) is 4.39 Å². The lowest BCUT2D eigenvalue weighted by atomic mass is 10.1. The van der Waals surface area contributed by atoms with Crippen molar-refractivity contribution in [3.05, 3.63) is 50.9 Å². The number of halogens is 2. The fourth-order valence-corrected chi connectivity index (χ4v) is 2.66. The standard InChI is InChI=1S/C12H11BrFNS/c1-8(9-4-5-16-7-9)15-12-3-2-10(14)6-11(12)13/h2-8,15H,1H3. The van der Waals surface area contributed by atoms with Gasteiger partial charge in [0.1, 0.15) is 5.82 Å². The molecule has 0 fully saturated rings. The molecule has 0 aliphatic carbocycles. The van der Waals surface area contributed by atoms with Crippen LogP contribution in [-0.2, 0) is 0 Å². The maximum Gasteiger partial charge on any atom is 0.124 e. The van der Waals surface area contributed by atoms with Gasteiger partial charge in [-0.1, -0.05) is 0 Å². The monoisotopic (exact) mass is 299 g/mol. The summed E-state index contributed by atoms with van der Waals surface area (Å²) >= 11 is 5.01. The third-order valence-electron chi connectivity index (χ3n) is 2.35. The van der Waals surface area contributed by atoms with Crippen molar-refractivity contribution in [2.45, 2.75) is 13.0 Å². The van der Waals surface area contributed by atoms with E-state index < -0.39 is 0 Å². The van der Waals surface area contributed by atoms with Crippen LogP contribution < -0.4 is 5.32 Å². The van der Waals surface area contributed by atoms with E-state index in [1.807, 2.05) is 5.38 Å². The molecule has 0 saturated carbocycles. The first-order chi connectivity index (χ1) is 7.66. The van der Waals surface area contributed by atoms with E-state index in [2.05, 4.69) is 39.6 Å². The Hall–Kier alpha value is -0.870. The van der Waals surface area contributed by atoms with Crippen molar-refractivity contribution in [2.75, 3.05) is 5.32 Å². The molecule has 0 aliphatic rings. The van der Waals surface area contributed by atoms with Gasteiger partial charge in [0.2, 0.25) is 0 Å². The molecular formula is C12H11BrFNS. The average Bonchev–Trinajstić information content (AvgIpc) is 2.75. The van der Waals surface area contributed by atoms with E-state index in [4.69, 9.17) is 0 Å². The number of rotatable bonds is 3. The molecule has 1 aromatic carbocycles. The minimum Gasteiger partial charge on any atom is -0.378 e. The minimum absolute atomic E-state index is 0.216. The van der Waals surface area contributed by atoms with Crippen molar-refractivity contribution in [2.24, 2.45) is 0 Å². The van der Waals surface area contributed by atoms with Gasteiger partial charge in [-0.15, -0.1) is 0 Å². The van der Waals surface area contributed by atoms with Crippen molar-refractivity contribution in [3.63, 3.8) is 0 Å². The van der Waals surface area contributed by atoms with Crippen LogP contribution >= 0.6 is 27.3 Å². The molecule has 2 rings (SSSR count). The van der Waals surface area contributed by atoms with Crippen LogP contribution in [0.25, 0.3) is 0 Å². The summed E-state index contributed by atoms with van der Waals surface area (Å²) in [6, 6.07) is 6.95. The van der Waals surface area contributed by atoms with Gasteiger partial charge in [0.25, 0.3) is 0 Å². The van der Waals surface area contributed by atoms with E-state index in [9.17, 15) is 4.39 Å². The van der Waals surface area contributed by atoms with Crippen molar-refractivity contribution in [3.8, 4) is 0 Å². The molecule has 1 heterocycles. The van der Waals surface area contributed by atoms with E-state index >= 15 is 0 Å². The number of anilines is 1. The summed E-state index contributed by atoms with van der Waals surface area (Å²) in [6.07, 6.45) is 0. The van der Waals surface area contributed by atoms with Gasteiger partial charge in [-0.3, -0.25) is 0 Å². The third kappa shape index (κ3) is 2.62. The minimum atomic E-state index is -0.236. The fourth-order valence-electron chi connectivity index (χ4n) is 1.44. The number of hydrogen-bond donors (Lipinski definition) is 1. The molecular weight excluding hydrogens is 289 g/mol. The highest BCUT2D eigenvalue weighted by Gasteiger charge is 2.08. The van der Waals surface area contributed by atoms with Gasteiger partial charge in [0, 0.05) is 16.2 Å². The molecule has 84 valence electrons. The Labute approximate surface area is 106 Å². The second kappa shape index (κ2) is 4.97. The number of benzene rings is 1. The molecule has 1 unspecified atom stereocenters. The summed E-state index contributed by atoms with van der Waals surface area (Å²) in [6.45, 7) is 2.08. The molecule has 2 aromatic rings. The van der Waals surface area contributed by atoms with Crippen molar-refractivity contribution in [1.29, 1.82) is 0 Å². The zero-order valence-electron chi connectivity index (χ0n) is 8.71.